The number of halogens is 5. The summed E-state index contributed by atoms with van der Waals surface area (Å²) in [7, 11) is 1.34. The smallest absolute Gasteiger partial charge is 0.422 e. The molecule has 1 aliphatic rings. The summed E-state index contributed by atoms with van der Waals surface area (Å²) in [6.07, 6.45) is -1.50. The molecule has 1 amide bonds. The molecule has 4 rings (SSSR count). The number of hydrogen-bond acceptors (Lipinski definition) is 6. The molecule has 186 valence electrons. The van der Waals surface area contributed by atoms with Gasteiger partial charge in [-0.05, 0) is 30.7 Å². The fraction of sp³-hybridized carbons (Fsp3) is 0.318. The lowest BCUT2D eigenvalue weighted by Crippen LogP contribution is -2.63. The summed E-state index contributed by atoms with van der Waals surface area (Å²) in [5.41, 5.74) is -0.351. The molecule has 2 heterocycles. The van der Waals surface area contributed by atoms with Crippen molar-refractivity contribution in [1.82, 2.24) is 19.7 Å². The number of benzene rings is 2. The first-order valence-electron chi connectivity index (χ1n) is 10.4. The second kappa shape index (κ2) is 9.13. The SMILES string of the molecule is CN1c2cc(OCC(F)(F)F)ccc2C(=O)N(CCCn2cncn2)C1(O)c1ccc(F)cc1F. The van der Waals surface area contributed by atoms with E-state index in [1.165, 1.54) is 36.5 Å². The Bertz CT molecular complexity index is 1220. The number of carbonyl (C=O) groups excluding carboxylic acids is 1. The maximum Gasteiger partial charge on any atom is 0.422 e. The van der Waals surface area contributed by atoms with Gasteiger partial charge < -0.3 is 14.7 Å². The summed E-state index contributed by atoms with van der Waals surface area (Å²) in [5.74, 6) is -5.33. The van der Waals surface area contributed by atoms with Crippen molar-refractivity contribution in [3.63, 3.8) is 0 Å². The average molecular weight is 497 g/mol. The van der Waals surface area contributed by atoms with Crippen LogP contribution in [0.2, 0.25) is 0 Å². The van der Waals surface area contributed by atoms with Gasteiger partial charge in [0.25, 0.3) is 11.8 Å². The molecule has 0 saturated heterocycles. The van der Waals surface area contributed by atoms with E-state index in [4.69, 9.17) is 4.74 Å². The van der Waals surface area contributed by atoms with Gasteiger partial charge in [0, 0.05) is 32.3 Å². The quantitative estimate of drug-likeness (QED) is 0.505. The van der Waals surface area contributed by atoms with Crippen LogP contribution in [0.3, 0.4) is 0 Å². The first-order chi connectivity index (χ1) is 16.5. The van der Waals surface area contributed by atoms with Gasteiger partial charge in [-0.3, -0.25) is 14.4 Å². The van der Waals surface area contributed by atoms with Gasteiger partial charge in [0.05, 0.1) is 16.8 Å². The van der Waals surface area contributed by atoms with Gasteiger partial charge in [-0.1, -0.05) is 0 Å². The van der Waals surface area contributed by atoms with E-state index in [1.807, 2.05) is 0 Å². The third-order valence-electron chi connectivity index (χ3n) is 5.58. The minimum absolute atomic E-state index is 0.00780. The van der Waals surface area contributed by atoms with E-state index in [-0.39, 0.29) is 30.0 Å². The average Bonchev–Trinajstić information content (AvgIpc) is 3.31. The third-order valence-corrected chi connectivity index (χ3v) is 5.58. The summed E-state index contributed by atoms with van der Waals surface area (Å²) < 4.78 is 72.5. The fourth-order valence-electron chi connectivity index (χ4n) is 3.94. The summed E-state index contributed by atoms with van der Waals surface area (Å²) in [4.78, 5) is 19.4. The molecule has 0 saturated carbocycles. The van der Waals surface area contributed by atoms with Gasteiger partial charge in [-0.15, -0.1) is 0 Å². The first kappa shape index (κ1) is 24.4. The molecule has 1 aromatic heterocycles. The van der Waals surface area contributed by atoms with Crippen LogP contribution in [0.15, 0.2) is 49.1 Å². The number of rotatable bonds is 7. The van der Waals surface area contributed by atoms with E-state index in [0.29, 0.717) is 12.6 Å². The number of fused-ring (bicyclic) bond motifs is 1. The lowest BCUT2D eigenvalue weighted by molar-refractivity contribution is -0.153. The minimum Gasteiger partial charge on any atom is -0.484 e. The Morgan fingerprint density at radius 3 is 2.54 bits per heavy atom. The molecule has 13 heteroatoms. The monoisotopic (exact) mass is 497 g/mol. The van der Waals surface area contributed by atoms with Crippen LogP contribution >= 0.6 is 0 Å². The van der Waals surface area contributed by atoms with Gasteiger partial charge in [0.15, 0.2) is 6.61 Å². The van der Waals surface area contributed by atoms with Crippen molar-refractivity contribution in [2.75, 3.05) is 25.1 Å². The van der Waals surface area contributed by atoms with Gasteiger partial charge in [-0.2, -0.15) is 18.3 Å². The molecule has 2 aromatic carbocycles. The zero-order valence-electron chi connectivity index (χ0n) is 18.3. The van der Waals surface area contributed by atoms with Crippen LogP contribution in [-0.4, -0.2) is 57.1 Å². The maximum atomic E-state index is 14.9. The van der Waals surface area contributed by atoms with Crippen LogP contribution in [0.4, 0.5) is 27.6 Å². The Hall–Kier alpha value is -3.74. The zero-order chi connectivity index (χ0) is 25.4. The van der Waals surface area contributed by atoms with Gasteiger partial charge >= 0.3 is 6.18 Å². The Balaban J connectivity index is 1.74. The molecule has 0 spiro atoms. The summed E-state index contributed by atoms with van der Waals surface area (Å²) >= 11 is 0. The van der Waals surface area contributed by atoms with E-state index in [9.17, 15) is 31.9 Å². The molecule has 0 aliphatic carbocycles. The highest BCUT2D eigenvalue weighted by atomic mass is 19.4. The highest BCUT2D eigenvalue weighted by Crippen LogP contribution is 2.43. The lowest BCUT2D eigenvalue weighted by atomic mass is 9.98. The van der Waals surface area contributed by atoms with E-state index in [0.717, 1.165) is 28.0 Å². The van der Waals surface area contributed by atoms with E-state index in [1.54, 1.807) is 0 Å². The minimum atomic E-state index is -4.59. The fourth-order valence-corrected chi connectivity index (χ4v) is 3.94. The number of amides is 1. The Morgan fingerprint density at radius 2 is 1.89 bits per heavy atom. The second-order valence-electron chi connectivity index (χ2n) is 7.87. The van der Waals surface area contributed by atoms with E-state index < -0.39 is 41.7 Å². The Morgan fingerprint density at radius 1 is 1.11 bits per heavy atom. The van der Waals surface area contributed by atoms with Crippen molar-refractivity contribution >= 4 is 11.6 Å². The first-order valence-corrected chi connectivity index (χ1v) is 10.4. The number of ether oxygens (including phenoxy) is 1. The second-order valence-corrected chi connectivity index (χ2v) is 7.87. The molecular weight excluding hydrogens is 477 g/mol. The third kappa shape index (κ3) is 4.76. The molecule has 0 radical (unpaired) electrons. The number of aromatic nitrogens is 3. The normalized spacial score (nSPS) is 18.1. The van der Waals surface area contributed by atoms with Crippen LogP contribution < -0.4 is 9.64 Å². The maximum absolute atomic E-state index is 14.9. The predicted molar refractivity (Wildman–Crippen MR) is 112 cm³/mol. The molecule has 0 fully saturated rings. The molecular formula is C22H20F5N5O3. The summed E-state index contributed by atoms with van der Waals surface area (Å²) in [6, 6.07) is 6.13. The van der Waals surface area contributed by atoms with Crippen molar-refractivity contribution in [3.05, 3.63) is 71.8 Å². The van der Waals surface area contributed by atoms with Crippen molar-refractivity contribution in [2.24, 2.45) is 0 Å². The number of aliphatic hydroxyl groups is 1. The Kier molecular flexibility index (Phi) is 6.36. The summed E-state index contributed by atoms with van der Waals surface area (Å²) in [5, 5.41) is 15.7. The largest absolute Gasteiger partial charge is 0.484 e. The number of hydrogen-bond donors (Lipinski definition) is 1. The van der Waals surface area contributed by atoms with Crippen molar-refractivity contribution in [1.29, 1.82) is 0 Å². The van der Waals surface area contributed by atoms with E-state index >= 15 is 0 Å². The number of aryl methyl sites for hydroxylation is 1. The predicted octanol–water partition coefficient (Wildman–Crippen LogP) is 3.28. The van der Waals surface area contributed by atoms with Crippen molar-refractivity contribution in [3.8, 4) is 5.75 Å². The highest BCUT2D eigenvalue weighted by molar-refractivity contribution is 6.02. The Labute approximate surface area is 196 Å². The molecule has 1 aliphatic heterocycles. The number of alkyl halides is 3. The molecule has 8 nitrogen and oxygen atoms in total. The molecule has 1 unspecified atom stereocenters. The summed E-state index contributed by atoms with van der Waals surface area (Å²) in [6.45, 7) is -1.30. The van der Waals surface area contributed by atoms with Crippen LogP contribution in [0.5, 0.6) is 5.75 Å². The standard InChI is InChI=1S/C22H20F5N5O3/c1-30-19-10-15(35-11-21(25,26)27)4-5-16(19)20(33)32(8-2-7-31-13-28-12-29-31)22(30,34)17-6-3-14(23)9-18(17)24/h3-6,9-10,12-13,34H,2,7-8,11H2,1H3. The number of carbonyl (C=O) groups is 1. The molecule has 35 heavy (non-hydrogen) atoms. The number of anilines is 1. The van der Waals surface area contributed by atoms with Crippen LogP contribution in [0.25, 0.3) is 0 Å². The lowest BCUT2D eigenvalue weighted by Gasteiger charge is -2.50. The zero-order valence-corrected chi connectivity index (χ0v) is 18.3. The van der Waals surface area contributed by atoms with Crippen LogP contribution in [-0.2, 0) is 12.4 Å². The van der Waals surface area contributed by atoms with Gasteiger partial charge in [0.1, 0.15) is 30.0 Å². The van der Waals surface area contributed by atoms with Crippen LogP contribution in [0, 0.1) is 11.6 Å². The van der Waals surface area contributed by atoms with Gasteiger partial charge in [0.2, 0.25) is 0 Å². The molecule has 1 N–H and O–H groups in total. The topological polar surface area (TPSA) is 83.7 Å². The van der Waals surface area contributed by atoms with E-state index in [2.05, 4.69) is 10.1 Å². The van der Waals surface area contributed by atoms with Crippen LogP contribution in [0.1, 0.15) is 22.3 Å². The molecule has 1 atom stereocenters. The number of nitrogens with zero attached hydrogens (tertiary/aromatic N) is 5. The molecule has 3 aromatic rings. The van der Waals surface area contributed by atoms with Crippen molar-refractivity contribution < 1.29 is 36.6 Å². The molecule has 0 bridgehead atoms. The highest BCUT2D eigenvalue weighted by Gasteiger charge is 2.50. The van der Waals surface area contributed by atoms with Crippen molar-refractivity contribution in [2.45, 2.75) is 25.0 Å². The van der Waals surface area contributed by atoms with Gasteiger partial charge in [-0.25, -0.2) is 13.8 Å².